The minimum atomic E-state index is -1.06. The van der Waals surface area contributed by atoms with E-state index in [1.54, 1.807) is 0 Å². The number of aliphatic hydroxyl groups is 1. The van der Waals surface area contributed by atoms with Crippen molar-refractivity contribution in [1.29, 1.82) is 0 Å². The van der Waals surface area contributed by atoms with Gasteiger partial charge >= 0.3 is 5.97 Å². The fraction of sp³-hybridized carbons (Fsp3) is 0.741. The van der Waals surface area contributed by atoms with Gasteiger partial charge in [-0.2, -0.15) is 0 Å². The predicted octanol–water partition coefficient (Wildman–Crippen LogP) is 5.17. The summed E-state index contributed by atoms with van der Waals surface area (Å²) in [6.07, 6.45) is 9.95. The summed E-state index contributed by atoms with van der Waals surface area (Å²) in [5.74, 6) is -0.127. The summed E-state index contributed by atoms with van der Waals surface area (Å²) < 4.78 is 0. The molecule has 0 aromatic carbocycles. The lowest BCUT2D eigenvalue weighted by Gasteiger charge is -2.58. The van der Waals surface area contributed by atoms with Crippen molar-refractivity contribution in [2.75, 3.05) is 0 Å². The van der Waals surface area contributed by atoms with Crippen LogP contribution in [0.25, 0.3) is 0 Å². The summed E-state index contributed by atoms with van der Waals surface area (Å²) in [6, 6.07) is 0. The molecule has 182 valence electrons. The molecular formula is C27H38O5S. The Morgan fingerprint density at radius 1 is 1.21 bits per heavy atom. The van der Waals surface area contributed by atoms with Crippen LogP contribution in [0.5, 0.6) is 0 Å². The lowest BCUT2D eigenvalue weighted by Crippen LogP contribution is -2.56. The Bertz CT molecular complexity index is 929. The maximum Gasteiger partial charge on any atom is 0.303 e. The number of ketones is 1. The molecule has 0 unspecified atom stereocenters. The molecule has 5 nitrogen and oxygen atoms in total. The summed E-state index contributed by atoms with van der Waals surface area (Å²) in [4.78, 5) is 36.7. The average Bonchev–Trinajstić information content (AvgIpc) is 2.98. The van der Waals surface area contributed by atoms with E-state index in [1.807, 2.05) is 26.8 Å². The summed E-state index contributed by atoms with van der Waals surface area (Å²) in [6.45, 7) is 10.2. The van der Waals surface area contributed by atoms with Crippen molar-refractivity contribution in [3.05, 3.63) is 23.8 Å². The van der Waals surface area contributed by atoms with Crippen LogP contribution in [0.4, 0.5) is 0 Å². The Morgan fingerprint density at radius 2 is 1.91 bits per heavy atom. The van der Waals surface area contributed by atoms with Gasteiger partial charge < -0.3 is 10.2 Å². The number of aliphatic carboxylic acids is 1. The highest BCUT2D eigenvalue weighted by molar-refractivity contribution is 8.14. The highest BCUT2D eigenvalue weighted by atomic mass is 32.2. The lowest BCUT2D eigenvalue weighted by atomic mass is 9.48. The third-order valence-electron chi connectivity index (χ3n) is 9.34. The molecule has 0 aromatic heterocycles. The molecule has 0 bridgehead atoms. The quantitative estimate of drug-likeness (QED) is 0.546. The molecule has 0 saturated heterocycles. The van der Waals surface area contributed by atoms with Crippen LogP contribution in [0, 0.1) is 34.0 Å². The first-order valence-corrected chi connectivity index (χ1v) is 13.2. The van der Waals surface area contributed by atoms with Gasteiger partial charge in [-0.05, 0) is 61.3 Å². The van der Waals surface area contributed by atoms with E-state index in [4.69, 9.17) is 0 Å². The Hall–Kier alpha value is -1.40. The normalized spacial score (nSPS) is 42.2. The summed E-state index contributed by atoms with van der Waals surface area (Å²) in [5, 5.41) is 21.1. The van der Waals surface area contributed by atoms with Crippen molar-refractivity contribution in [1.82, 2.24) is 0 Å². The van der Waals surface area contributed by atoms with Crippen LogP contribution in [0.15, 0.2) is 23.8 Å². The van der Waals surface area contributed by atoms with Crippen LogP contribution in [-0.4, -0.2) is 37.9 Å². The zero-order chi connectivity index (χ0) is 24.4. The van der Waals surface area contributed by atoms with Crippen LogP contribution < -0.4 is 0 Å². The number of carboxylic acids is 1. The fourth-order valence-electron chi connectivity index (χ4n) is 7.13. The Balaban J connectivity index is 1.76. The van der Waals surface area contributed by atoms with Gasteiger partial charge in [-0.25, -0.2) is 0 Å². The van der Waals surface area contributed by atoms with Gasteiger partial charge in [0.25, 0.3) is 0 Å². The molecule has 4 aliphatic rings. The van der Waals surface area contributed by atoms with E-state index < -0.39 is 22.4 Å². The second-order valence-corrected chi connectivity index (χ2v) is 13.5. The molecule has 2 N–H and O–H groups in total. The summed E-state index contributed by atoms with van der Waals surface area (Å²) >= 11 is 1.43. The van der Waals surface area contributed by atoms with Crippen LogP contribution in [0.3, 0.4) is 0 Å². The van der Waals surface area contributed by atoms with E-state index in [0.29, 0.717) is 12.8 Å². The number of rotatable bonds is 4. The summed E-state index contributed by atoms with van der Waals surface area (Å²) in [5.41, 5.74) is -0.967. The van der Waals surface area contributed by atoms with E-state index in [-0.39, 0.29) is 52.2 Å². The largest absolute Gasteiger partial charge is 0.481 e. The van der Waals surface area contributed by atoms with Crippen LogP contribution in [0.1, 0.15) is 79.6 Å². The number of carbonyl (C=O) groups excluding carboxylic acids is 2. The Kier molecular flexibility index (Phi) is 6.05. The summed E-state index contributed by atoms with van der Waals surface area (Å²) in [7, 11) is 0. The van der Waals surface area contributed by atoms with E-state index in [9.17, 15) is 24.6 Å². The predicted molar refractivity (Wildman–Crippen MR) is 130 cm³/mol. The average molecular weight is 475 g/mol. The van der Waals surface area contributed by atoms with Crippen LogP contribution >= 0.6 is 11.8 Å². The van der Waals surface area contributed by atoms with E-state index in [1.165, 1.54) is 17.3 Å². The Labute approximate surface area is 201 Å². The molecule has 2 fully saturated rings. The minimum absolute atomic E-state index is 0.0445. The molecule has 0 heterocycles. The maximum atomic E-state index is 13.1. The number of hydrogen-bond acceptors (Lipinski definition) is 5. The molecule has 0 radical (unpaired) electrons. The number of allylic oxidation sites excluding steroid dienone is 3. The number of fused-ring (bicyclic) bond motifs is 5. The van der Waals surface area contributed by atoms with Crippen molar-refractivity contribution in [3.63, 3.8) is 0 Å². The molecule has 0 aromatic rings. The van der Waals surface area contributed by atoms with Crippen LogP contribution in [-0.2, 0) is 14.4 Å². The van der Waals surface area contributed by atoms with Crippen LogP contribution in [0.2, 0.25) is 0 Å². The first-order chi connectivity index (χ1) is 15.2. The molecule has 0 aliphatic heterocycles. The molecule has 0 amide bonds. The van der Waals surface area contributed by atoms with Crippen molar-refractivity contribution in [3.8, 4) is 0 Å². The van der Waals surface area contributed by atoms with Gasteiger partial charge in [0.1, 0.15) is 0 Å². The third kappa shape index (κ3) is 3.95. The number of thioether (sulfide) groups is 1. The first-order valence-electron chi connectivity index (χ1n) is 12.3. The standard InChI is InChI=1S/C27H38O5S/c1-24(2,3)23(31)33-20-15-16-14-17(28)6-10-25(16,4)18-7-11-26(5)19(22(18)20)8-12-27(26,32)13-9-21(29)30/h7,11,14,18-20,22,32H,6,8-10,12-13,15H2,1-5H3,(H,29,30)/t18-,19-,20+,22+,25-,26-,27+/m0/s1. The highest BCUT2D eigenvalue weighted by Gasteiger charge is 2.64. The van der Waals surface area contributed by atoms with Gasteiger partial charge in [0, 0.05) is 28.9 Å². The maximum absolute atomic E-state index is 13.1. The topological polar surface area (TPSA) is 91.7 Å². The Morgan fingerprint density at radius 3 is 2.55 bits per heavy atom. The van der Waals surface area contributed by atoms with E-state index >= 15 is 0 Å². The van der Waals surface area contributed by atoms with Crippen molar-refractivity contribution < 1.29 is 24.6 Å². The third-order valence-corrected chi connectivity index (χ3v) is 10.9. The molecule has 2 saturated carbocycles. The van der Waals surface area contributed by atoms with Gasteiger partial charge in [0.15, 0.2) is 10.9 Å². The molecular weight excluding hydrogens is 436 g/mol. The van der Waals surface area contributed by atoms with Gasteiger partial charge in [-0.15, -0.1) is 0 Å². The SMILES string of the molecule is CC(C)(C)C(=O)S[C@@H]1CC2=CC(=O)CC[C@]2(C)[C@H]2C=C[C@@]3(C)[C@@H](CC[C@@]3(O)CCC(=O)O)[C@H]12. The number of carbonyl (C=O) groups is 3. The fourth-order valence-corrected chi connectivity index (χ4v) is 8.54. The molecule has 4 aliphatic carbocycles. The van der Waals surface area contributed by atoms with Crippen molar-refractivity contribution in [2.24, 2.45) is 34.0 Å². The zero-order valence-electron chi connectivity index (χ0n) is 20.5. The molecule has 6 heteroatoms. The van der Waals surface area contributed by atoms with E-state index in [0.717, 1.165) is 19.3 Å². The lowest BCUT2D eigenvalue weighted by molar-refractivity contribution is -0.140. The molecule has 7 atom stereocenters. The van der Waals surface area contributed by atoms with E-state index in [2.05, 4.69) is 26.0 Å². The number of carboxylic acid groups (broad SMARTS) is 1. The minimum Gasteiger partial charge on any atom is -0.481 e. The zero-order valence-corrected chi connectivity index (χ0v) is 21.3. The van der Waals surface area contributed by atoms with Gasteiger partial charge in [-0.3, -0.25) is 14.4 Å². The van der Waals surface area contributed by atoms with Gasteiger partial charge in [-0.1, -0.05) is 64.1 Å². The number of hydrogen-bond donors (Lipinski definition) is 2. The monoisotopic (exact) mass is 474 g/mol. The molecule has 4 rings (SSSR count). The second-order valence-electron chi connectivity index (χ2n) is 12.3. The van der Waals surface area contributed by atoms with Crippen molar-refractivity contribution in [2.45, 2.75) is 90.4 Å². The van der Waals surface area contributed by atoms with Gasteiger partial charge in [0.2, 0.25) is 0 Å². The first kappa shape index (κ1) is 24.7. The second kappa shape index (κ2) is 8.08. The molecule has 33 heavy (non-hydrogen) atoms. The highest BCUT2D eigenvalue weighted by Crippen LogP contribution is 2.67. The molecule has 0 spiro atoms. The van der Waals surface area contributed by atoms with Crippen molar-refractivity contribution >= 4 is 28.6 Å². The smallest absolute Gasteiger partial charge is 0.303 e. The van der Waals surface area contributed by atoms with Gasteiger partial charge in [0.05, 0.1) is 5.60 Å².